The first-order valence-electron chi connectivity index (χ1n) is 7.94. The van der Waals surface area contributed by atoms with Crippen molar-refractivity contribution in [3.05, 3.63) is 84.1 Å². The van der Waals surface area contributed by atoms with Crippen LogP contribution >= 0.6 is 0 Å². The fourth-order valence-corrected chi connectivity index (χ4v) is 2.30. The molecule has 1 aromatic heterocycles. The van der Waals surface area contributed by atoms with E-state index in [9.17, 15) is 9.59 Å². The van der Waals surface area contributed by atoms with Gasteiger partial charge in [-0.2, -0.15) is 5.10 Å². The molecule has 26 heavy (non-hydrogen) atoms. The second-order valence-corrected chi connectivity index (χ2v) is 5.42. The number of aromatic nitrogens is 2. The monoisotopic (exact) mass is 347 g/mol. The van der Waals surface area contributed by atoms with Crippen molar-refractivity contribution in [3.63, 3.8) is 0 Å². The summed E-state index contributed by atoms with van der Waals surface area (Å²) < 4.78 is 6.33. The first kappa shape index (κ1) is 17.2. The summed E-state index contributed by atoms with van der Waals surface area (Å²) in [4.78, 5) is 23.4. The number of methoxy groups -OCH3 is 1. The van der Waals surface area contributed by atoms with Crippen molar-refractivity contribution in [1.29, 1.82) is 0 Å². The van der Waals surface area contributed by atoms with E-state index in [1.165, 1.54) is 13.2 Å². The number of nitrogens with zero attached hydrogens (tertiary/aromatic N) is 2. The molecule has 0 atom stereocenters. The predicted octanol–water partition coefficient (Wildman–Crippen LogP) is 3.31. The highest BCUT2D eigenvalue weighted by atomic mass is 16.5. The Balaban J connectivity index is 1.61. The quantitative estimate of drug-likeness (QED) is 0.568. The van der Waals surface area contributed by atoms with Gasteiger partial charge < -0.3 is 10.1 Å². The van der Waals surface area contributed by atoms with Crippen LogP contribution in [0.2, 0.25) is 0 Å². The molecule has 0 unspecified atom stereocenters. The van der Waals surface area contributed by atoms with Gasteiger partial charge in [0.05, 0.1) is 18.4 Å². The molecule has 0 aliphatic rings. The minimum Gasteiger partial charge on any atom is -0.465 e. The second kappa shape index (κ2) is 7.94. The first-order valence-corrected chi connectivity index (χ1v) is 7.94. The molecule has 6 nitrogen and oxygen atoms in total. The number of esters is 1. The number of para-hydroxylation sites is 1. The van der Waals surface area contributed by atoms with Gasteiger partial charge in [0, 0.05) is 18.3 Å². The zero-order valence-electron chi connectivity index (χ0n) is 14.1. The fourth-order valence-electron chi connectivity index (χ4n) is 2.30. The number of amides is 1. The molecule has 3 aromatic rings. The number of anilines is 1. The van der Waals surface area contributed by atoms with Crippen LogP contribution in [0.25, 0.3) is 11.8 Å². The maximum absolute atomic E-state index is 12.0. The minimum absolute atomic E-state index is 0.291. The van der Waals surface area contributed by atoms with Crippen molar-refractivity contribution in [3.8, 4) is 5.69 Å². The number of hydrogen-bond acceptors (Lipinski definition) is 4. The van der Waals surface area contributed by atoms with Crippen LogP contribution in [-0.4, -0.2) is 28.8 Å². The Labute approximate surface area is 150 Å². The SMILES string of the molecule is COC(=O)c1ccc(/C=C/C(=O)Nc2ccn(-c3ccccc3)n2)cc1. The summed E-state index contributed by atoms with van der Waals surface area (Å²) >= 11 is 0. The van der Waals surface area contributed by atoms with Crippen LogP contribution in [0.15, 0.2) is 72.9 Å². The summed E-state index contributed by atoms with van der Waals surface area (Å²) in [6.45, 7) is 0. The minimum atomic E-state index is -0.396. The van der Waals surface area contributed by atoms with Crippen LogP contribution in [0.5, 0.6) is 0 Å². The van der Waals surface area contributed by atoms with E-state index in [0.717, 1.165) is 11.3 Å². The van der Waals surface area contributed by atoms with Crippen molar-refractivity contribution >= 4 is 23.8 Å². The molecule has 0 saturated carbocycles. The van der Waals surface area contributed by atoms with Crippen LogP contribution in [0.3, 0.4) is 0 Å². The molecule has 0 saturated heterocycles. The van der Waals surface area contributed by atoms with Crippen molar-refractivity contribution in [2.24, 2.45) is 0 Å². The van der Waals surface area contributed by atoms with Crippen LogP contribution in [-0.2, 0) is 9.53 Å². The van der Waals surface area contributed by atoms with E-state index in [-0.39, 0.29) is 5.91 Å². The number of hydrogen-bond donors (Lipinski definition) is 1. The molecule has 130 valence electrons. The van der Waals surface area contributed by atoms with Crippen LogP contribution in [0.1, 0.15) is 15.9 Å². The van der Waals surface area contributed by atoms with E-state index in [1.807, 2.05) is 30.3 Å². The molecule has 0 fully saturated rings. The summed E-state index contributed by atoms with van der Waals surface area (Å²) in [5.74, 6) is -0.225. The average Bonchev–Trinajstić information content (AvgIpc) is 3.15. The molecule has 6 heteroatoms. The molecule has 0 aliphatic heterocycles. The van der Waals surface area contributed by atoms with E-state index in [0.29, 0.717) is 11.4 Å². The smallest absolute Gasteiger partial charge is 0.337 e. The zero-order valence-corrected chi connectivity index (χ0v) is 14.1. The number of nitrogens with one attached hydrogen (secondary N) is 1. The average molecular weight is 347 g/mol. The van der Waals surface area contributed by atoms with Crippen molar-refractivity contribution in [2.45, 2.75) is 0 Å². The predicted molar refractivity (Wildman–Crippen MR) is 99.0 cm³/mol. The van der Waals surface area contributed by atoms with Gasteiger partial charge in [0.1, 0.15) is 0 Å². The molecule has 3 rings (SSSR count). The Hall–Kier alpha value is -3.67. The van der Waals surface area contributed by atoms with Gasteiger partial charge in [0.25, 0.3) is 0 Å². The van der Waals surface area contributed by atoms with E-state index < -0.39 is 5.97 Å². The maximum atomic E-state index is 12.0. The lowest BCUT2D eigenvalue weighted by Gasteiger charge is -2.01. The third-order valence-corrected chi connectivity index (χ3v) is 3.62. The van der Waals surface area contributed by atoms with Crippen LogP contribution < -0.4 is 5.32 Å². The van der Waals surface area contributed by atoms with Gasteiger partial charge >= 0.3 is 5.97 Å². The van der Waals surface area contributed by atoms with Crippen molar-refractivity contribution in [1.82, 2.24) is 9.78 Å². The van der Waals surface area contributed by atoms with Crippen LogP contribution in [0, 0.1) is 0 Å². The highest BCUT2D eigenvalue weighted by molar-refractivity contribution is 6.01. The van der Waals surface area contributed by atoms with Gasteiger partial charge in [-0.15, -0.1) is 0 Å². The van der Waals surface area contributed by atoms with E-state index in [4.69, 9.17) is 0 Å². The van der Waals surface area contributed by atoms with Gasteiger partial charge in [-0.25, -0.2) is 9.48 Å². The Morgan fingerprint density at radius 1 is 1.04 bits per heavy atom. The molecule has 0 bridgehead atoms. The molecule has 1 heterocycles. The molecule has 0 aliphatic carbocycles. The summed E-state index contributed by atoms with van der Waals surface area (Å²) in [5, 5.41) is 7.02. The summed E-state index contributed by atoms with van der Waals surface area (Å²) in [5.41, 5.74) is 2.16. The normalized spacial score (nSPS) is 10.7. The van der Waals surface area contributed by atoms with E-state index >= 15 is 0 Å². The molecule has 2 aromatic carbocycles. The van der Waals surface area contributed by atoms with Gasteiger partial charge in [-0.3, -0.25) is 4.79 Å². The number of carbonyl (C=O) groups is 2. The maximum Gasteiger partial charge on any atom is 0.337 e. The fraction of sp³-hybridized carbons (Fsp3) is 0.0500. The highest BCUT2D eigenvalue weighted by Crippen LogP contribution is 2.11. The number of carbonyl (C=O) groups excluding carboxylic acids is 2. The Morgan fingerprint density at radius 3 is 2.46 bits per heavy atom. The second-order valence-electron chi connectivity index (χ2n) is 5.42. The van der Waals surface area contributed by atoms with Gasteiger partial charge in [0.15, 0.2) is 5.82 Å². The molecule has 1 N–H and O–H groups in total. The molecular formula is C20H17N3O3. The topological polar surface area (TPSA) is 73.2 Å². The largest absolute Gasteiger partial charge is 0.465 e. The van der Waals surface area contributed by atoms with Crippen molar-refractivity contribution in [2.75, 3.05) is 12.4 Å². The highest BCUT2D eigenvalue weighted by Gasteiger charge is 2.05. The van der Waals surface area contributed by atoms with Crippen molar-refractivity contribution < 1.29 is 14.3 Å². The Kier molecular flexibility index (Phi) is 5.24. The summed E-state index contributed by atoms with van der Waals surface area (Å²) in [6, 6.07) is 18.1. The summed E-state index contributed by atoms with van der Waals surface area (Å²) in [7, 11) is 1.33. The molecular weight excluding hydrogens is 330 g/mol. The standard InChI is InChI=1S/C20H17N3O3/c1-26-20(25)16-10-7-15(8-11-16)9-12-19(24)21-18-13-14-23(22-18)17-5-3-2-4-6-17/h2-14H,1H3,(H,21,22,24)/b12-9+. The molecule has 1 amide bonds. The lowest BCUT2D eigenvalue weighted by atomic mass is 10.1. The van der Waals surface area contributed by atoms with Gasteiger partial charge in [-0.05, 0) is 35.9 Å². The molecule has 0 radical (unpaired) electrons. The van der Waals surface area contributed by atoms with Gasteiger partial charge in [0.2, 0.25) is 5.91 Å². The lowest BCUT2D eigenvalue weighted by molar-refractivity contribution is -0.111. The van der Waals surface area contributed by atoms with Crippen LogP contribution in [0.4, 0.5) is 5.82 Å². The van der Waals surface area contributed by atoms with E-state index in [2.05, 4.69) is 15.2 Å². The number of benzene rings is 2. The summed E-state index contributed by atoms with van der Waals surface area (Å²) in [6.07, 6.45) is 4.85. The molecule has 0 spiro atoms. The Morgan fingerprint density at radius 2 is 1.77 bits per heavy atom. The first-order chi connectivity index (χ1) is 12.7. The Bertz CT molecular complexity index is 928. The number of rotatable bonds is 5. The third-order valence-electron chi connectivity index (χ3n) is 3.62. The lowest BCUT2D eigenvalue weighted by Crippen LogP contribution is -2.08. The number of ether oxygens (including phenoxy) is 1. The van der Waals surface area contributed by atoms with E-state index in [1.54, 1.807) is 47.3 Å². The van der Waals surface area contributed by atoms with Gasteiger partial charge in [-0.1, -0.05) is 30.3 Å². The third kappa shape index (κ3) is 4.24. The zero-order chi connectivity index (χ0) is 18.4.